The number of nitrogens with zero attached hydrogens (tertiary/aromatic N) is 3. The molecular weight excluding hydrogens is 501 g/mol. The quantitative estimate of drug-likeness (QED) is 0.339. The van der Waals surface area contributed by atoms with E-state index >= 15 is 0 Å². The zero-order valence-corrected chi connectivity index (χ0v) is 20.6. The molecule has 0 radical (unpaired) electrons. The number of morpholine rings is 1. The smallest absolute Gasteiger partial charge is 0.191 e. The van der Waals surface area contributed by atoms with E-state index in [4.69, 9.17) is 4.74 Å². The van der Waals surface area contributed by atoms with Gasteiger partial charge in [0.1, 0.15) is 0 Å². The van der Waals surface area contributed by atoms with Gasteiger partial charge in [-0.15, -0.1) is 24.0 Å². The van der Waals surface area contributed by atoms with Gasteiger partial charge in [-0.2, -0.15) is 0 Å². The molecule has 31 heavy (non-hydrogen) atoms. The molecule has 0 aromatic heterocycles. The van der Waals surface area contributed by atoms with Crippen molar-refractivity contribution in [3.05, 3.63) is 65.7 Å². The largest absolute Gasteiger partial charge is 0.379 e. The number of rotatable bonds is 6. The fourth-order valence-corrected chi connectivity index (χ4v) is 4.11. The number of para-hydroxylation sites is 1. The molecule has 2 saturated heterocycles. The fraction of sp³-hybridized carbons (Fsp3) is 0.458. The van der Waals surface area contributed by atoms with Crippen molar-refractivity contribution in [3.8, 4) is 0 Å². The average molecular weight is 535 g/mol. The zero-order chi connectivity index (χ0) is 20.6. The topological polar surface area (TPSA) is 52.1 Å². The van der Waals surface area contributed by atoms with Crippen LogP contribution in [-0.4, -0.2) is 63.3 Å². The van der Waals surface area contributed by atoms with Gasteiger partial charge in [-0.05, 0) is 29.7 Å². The van der Waals surface area contributed by atoms with E-state index in [1.54, 1.807) is 0 Å². The Labute approximate surface area is 203 Å². The molecule has 0 amide bonds. The van der Waals surface area contributed by atoms with Gasteiger partial charge in [-0.1, -0.05) is 42.5 Å². The molecule has 0 aliphatic carbocycles. The molecule has 2 aliphatic heterocycles. The van der Waals surface area contributed by atoms with Crippen LogP contribution < -0.4 is 15.5 Å². The molecule has 0 bridgehead atoms. The van der Waals surface area contributed by atoms with Crippen molar-refractivity contribution in [2.24, 2.45) is 4.99 Å². The first-order chi connectivity index (χ1) is 14.8. The van der Waals surface area contributed by atoms with E-state index in [1.807, 2.05) is 7.05 Å². The Morgan fingerprint density at radius 3 is 2.42 bits per heavy atom. The average Bonchev–Trinajstić information content (AvgIpc) is 3.27. The molecule has 6 nitrogen and oxygen atoms in total. The number of guanidine groups is 1. The highest BCUT2D eigenvalue weighted by Crippen LogP contribution is 2.19. The predicted octanol–water partition coefficient (Wildman–Crippen LogP) is 3.08. The van der Waals surface area contributed by atoms with Crippen molar-refractivity contribution in [3.63, 3.8) is 0 Å². The van der Waals surface area contributed by atoms with Crippen molar-refractivity contribution in [1.29, 1.82) is 0 Å². The van der Waals surface area contributed by atoms with Crippen molar-refractivity contribution in [2.75, 3.05) is 51.3 Å². The Hall–Kier alpha value is -1.84. The third-order valence-electron chi connectivity index (χ3n) is 5.87. The summed E-state index contributed by atoms with van der Waals surface area (Å²) in [5.74, 6) is 0.868. The number of halogens is 1. The first-order valence-electron chi connectivity index (χ1n) is 11.0. The molecule has 2 aliphatic rings. The number of ether oxygens (including phenoxy) is 1. The Morgan fingerprint density at radius 2 is 1.71 bits per heavy atom. The second kappa shape index (κ2) is 12.3. The van der Waals surface area contributed by atoms with Crippen LogP contribution in [0.4, 0.5) is 5.69 Å². The fourth-order valence-electron chi connectivity index (χ4n) is 4.11. The number of nitrogens with one attached hydrogen (secondary N) is 2. The molecule has 2 fully saturated rings. The molecule has 0 spiro atoms. The summed E-state index contributed by atoms with van der Waals surface area (Å²) in [5.41, 5.74) is 3.91. The monoisotopic (exact) mass is 535 g/mol. The van der Waals surface area contributed by atoms with Crippen LogP contribution in [0, 0.1) is 0 Å². The van der Waals surface area contributed by atoms with Gasteiger partial charge >= 0.3 is 0 Å². The first kappa shape index (κ1) is 23.8. The van der Waals surface area contributed by atoms with E-state index < -0.39 is 0 Å². The van der Waals surface area contributed by atoms with Crippen LogP contribution in [0.1, 0.15) is 17.5 Å². The van der Waals surface area contributed by atoms with Gasteiger partial charge in [0.25, 0.3) is 0 Å². The highest BCUT2D eigenvalue weighted by molar-refractivity contribution is 14.0. The van der Waals surface area contributed by atoms with Crippen molar-refractivity contribution >= 4 is 35.6 Å². The number of anilines is 1. The second-order valence-corrected chi connectivity index (χ2v) is 8.04. The summed E-state index contributed by atoms with van der Waals surface area (Å²) in [5, 5.41) is 7.04. The van der Waals surface area contributed by atoms with Gasteiger partial charge in [-0.3, -0.25) is 9.89 Å². The van der Waals surface area contributed by atoms with Gasteiger partial charge in [-0.25, -0.2) is 0 Å². The summed E-state index contributed by atoms with van der Waals surface area (Å²) >= 11 is 0. The molecule has 2 aromatic carbocycles. The molecule has 1 atom stereocenters. The molecule has 2 heterocycles. The lowest BCUT2D eigenvalue weighted by Crippen LogP contribution is -2.44. The number of hydrogen-bond donors (Lipinski definition) is 2. The summed E-state index contributed by atoms with van der Waals surface area (Å²) < 4.78 is 5.43. The van der Waals surface area contributed by atoms with E-state index in [-0.39, 0.29) is 24.0 Å². The Morgan fingerprint density at radius 1 is 1.00 bits per heavy atom. The Bertz CT molecular complexity index is 808. The van der Waals surface area contributed by atoms with Crippen LogP contribution in [0.2, 0.25) is 0 Å². The van der Waals surface area contributed by atoms with Crippen LogP contribution >= 0.6 is 24.0 Å². The number of hydrogen-bond acceptors (Lipinski definition) is 4. The van der Waals surface area contributed by atoms with Crippen LogP contribution in [0.25, 0.3) is 0 Å². The summed E-state index contributed by atoms with van der Waals surface area (Å²) in [6.45, 7) is 7.58. The van der Waals surface area contributed by atoms with Gasteiger partial charge in [0.15, 0.2) is 5.96 Å². The lowest BCUT2D eigenvalue weighted by molar-refractivity contribution is 0.0342. The first-order valence-corrected chi connectivity index (χ1v) is 11.0. The normalized spacial score (nSPS) is 19.7. The molecular formula is C24H34IN5O. The SMILES string of the molecule is CN=C(NCc1ccc(CN2CCOCC2)cc1)NC1CCN(c2ccccc2)C1.I. The molecule has 2 aromatic rings. The zero-order valence-electron chi connectivity index (χ0n) is 18.3. The molecule has 2 N–H and O–H groups in total. The number of benzene rings is 2. The minimum Gasteiger partial charge on any atom is -0.379 e. The highest BCUT2D eigenvalue weighted by atomic mass is 127. The van der Waals surface area contributed by atoms with E-state index in [1.165, 1.54) is 16.8 Å². The summed E-state index contributed by atoms with van der Waals surface area (Å²) in [6, 6.07) is 19.9. The highest BCUT2D eigenvalue weighted by Gasteiger charge is 2.23. The maximum atomic E-state index is 5.43. The van der Waals surface area contributed by atoms with Crippen LogP contribution in [0.3, 0.4) is 0 Å². The van der Waals surface area contributed by atoms with Gasteiger partial charge in [0.2, 0.25) is 0 Å². The third-order valence-corrected chi connectivity index (χ3v) is 5.87. The van der Waals surface area contributed by atoms with Crippen molar-refractivity contribution in [1.82, 2.24) is 15.5 Å². The van der Waals surface area contributed by atoms with E-state index in [0.717, 1.165) is 64.9 Å². The van der Waals surface area contributed by atoms with E-state index in [9.17, 15) is 0 Å². The predicted molar refractivity (Wildman–Crippen MR) is 138 cm³/mol. The molecule has 4 rings (SSSR count). The van der Waals surface area contributed by atoms with E-state index in [0.29, 0.717) is 6.04 Å². The van der Waals surface area contributed by atoms with Crippen molar-refractivity contribution < 1.29 is 4.74 Å². The van der Waals surface area contributed by atoms with Crippen LogP contribution in [0.15, 0.2) is 59.6 Å². The second-order valence-electron chi connectivity index (χ2n) is 8.04. The lowest BCUT2D eigenvalue weighted by Gasteiger charge is -2.26. The van der Waals surface area contributed by atoms with E-state index in [2.05, 4.69) is 80.0 Å². The summed E-state index contributed by atoms with van der Waals surface area (Å²) in [7, 11) is 1.84. The maximum Gasteiger partial charge on any atom is 0.191 e. The minimum absolute atomic E-state index is 0. The van der Waals surface area contributed by atoms with Crippen LogP contribution in [0.5, 0.6) is 0 Å². The van der Waals surface area contributed by atoms with Crippen LogP contribution in [-0.2, 0) is 17.8 Å². The third kappa shape index (κ3) is 7.08. The lowest BCUT2D eigenvalue weighted by atomic mass is 10.1. The maximum absolute atomic E-state index is 5.43. The molecule has 0 saturated carbocycles. The van der Waals surface area contributed by atoms with Gasteiger partial charge in [0.05, 0.1) is 13.2 Å². The van der Waals surface area contributed by atoms with Gasteiger partial charge in [0, 0.05) is 58.0 Å². The molecule has 7 heteroatoms. The molecule has 168 valence electrons. The number of aliphatic imine (C=N–C) groups is 1. The van der Waals surface area contributed by atoms with Crippen molar-refractivity contribution in [2.45, 2.75) is 25.6 Å². The standard InChI is InChI=1S/C24H33N5O.HI/c1-25-24(27-22-11-12-29(19-22)23-5-3-2-4-6-23)26-17-20-7-9-21(10-8-20)18-28-13-15-30-16-14-28;/h2-10,22H,11-19H2,1H3,(H2,25,26,27);1H. The summed E-state index contributed by atoms with van der Waals surface area (Å²) in [6.07, 6.45) is 1.12. The minimum atomic E-state index is 0. The Balaban J connectivity index is 0.00000272. The molecule has 1 unspecified atom stereocenters. The summed E-state index contributed by atoms with van der Waals surface area (Å²) in [4.78, 5) is 9.29. The Kier molecular flexibility index (Phi) is 9.42. The van der Waals surface area contributed by atoms with Gasteiger partial charge < -0.3 is 20.3 Å².